The number of hydrogen-bond donors (Lipinski definition) is 0. The molecule has 0 spiro atoms. The minimum absolute atomic E-state index is 0.204. The second-order valence-electron chi connectivity index (χ2n) is 7.21. The van der Waals surface area contributed by atoms with Gasteiger partial charge in [0.05, 0.1) is 6.61 Å². The second-order valence-corrected chi connectivity index (χ2v) is 7.21. The van der Waals surface area contributed by atoms with E-state index in [1.807, 2.05) is 48.5 Å². The summed E-state index contributed by atoms with van der Waals surface area (Å²) in [5, 5.41) is 0. The Morgan fingerprint density at radius 1 is 0.759 bits per heavy atom. The molecule has 0 fully saturated rings. The van der Waals surface area contributed by atoms with Gasteiger partial charge in [-0.15, -0.1) is 0 Å². The lowest BCUT2D eigenvalue weighted by atomic mass is 9.98. The highest BCUT2D eigenvalue weighted by molar-refractivity contribution is 5.71. The maximum atomic E-state index is 14.8. The van der Waals surface area contributed by atoms with E-state index < -0.39 is 0 Å². The van der Waals surface area contributed by atoms with Crippen LogP contribution in [-0.4, -0.2) is 20.3 Å². The number of methoxy groups -OCH3 is 1. The van der Waals surface area contributed by atoms with Gasteiger partial charge in [-0.05, 0) is 59.7 Å². The van der Waals surface area contributed by atoms with Gasteiger partial charge in [-0.2, -0.15) is 0 Å². The lowest BCUT2D eigenvalue weighted by Gasteiger charge is -2.09. The molecule has 0 amide bonds. The molecule has 0 aliphatic heterocycles. The summed E-state index contributed by atoms with van der Waals surface area (Å²) in [5.74, 6) is 0.625. The number of benzene rings is 3. The highest BCUT2D eigenvalue weighted by Gasteiger charge is 2.08. The number of hydrogen-bond acceptors (Lipinski definition) is 2. The quantitative estimate of drug-likeness (QED) is 0.349. The zero-order valence-electron chi connectivity index (χ0n) is 17.3. The van der Waals surface area contributed by atoms with E-state index in [-0.39, 0.29) is 5.82 Å². The van der Waals surface area contributed by atoms with Gasteiger partial charge in [0, 0.05) is 19.3 Å². The van der Waals surface area contributed by atoms with Crippen LogP contribution in [0.4, 0.5) is 4.39 Å². The summed E-state index contributed by atoms with van der Waals surface area (Å²) in [5.41, 5.74) is 4.66. The fourth-order valence-electron chi connectivity index (χ4n) is 3.35. The predicted octanol–water partition coefficient (Wildman–Crippen LogP) is 6.92. The van der Waals surface area contributed by atoms with Crippen LogP contribution in [0.1, 0.15) is 31.7 Å². The molecular weight excluding hydrogens is 363 g/mol. The van der Waals surface area contributed by atoms with Crippen molar-refractivity contribution in [2.75, 3.05) is 20.3 Å². The Kier molecular flexibility index (Phi) is 7.83. The zero-order valence-corrected chi connectivity index (χ0v) is 17.3. The molecular formula is C26H29FO2. The third-order valence-corrected chi connectivity index (χ3v) is 4.97. The Balaban J connectivity index is 1.66. The molecule has 3 rings (SSSR count). The van der Waals surface area contributed by atoms with E-state index >= 15 is 0 Å². The van der Waals surface area contributed by atoms with Crippen LogP contribution >= 0.6 is 0 Å². The number of unbranched alkanes of at least 4 members (excludes halogenated alkanes) is 1. The summed E-state index contributed by atoms with van der Waals surface area (Å²) in [6, 6.07) is 21.4. The molecule has 0 bridgehead atoms. The Labute approximate surface area is 173 Å². The van der Waals surface area contributed by atoms with Gasteiger partial charge in [0.2, 0.25) is 0 Å². The Morgan fingerprint density at radius 2 is 1.41 bits per heavy atom. The van der Waals surface area contributed by atoms with Gasteiger partial charge < -0.3 is 9.47 Å². The maximum absolute atomic E-state index is 14.8. The topological polar surface area (TPSA) is 18.5 Å². The third-order valence-electron chi connectivity index (χ3n) is 4.97. The minimum Gasteiger partial charge on any atom is -0.494 e. The number of rotatable bonds is 10. The van der Waals surface area contributed by atoms with E-state index in [1.54, 1.807) is 13.2 Å². The molecule has 0 unspecified atom stereocenters. The van der Waals surface area contributed by atoms with E-state index in [4.69, 9.17) is 9.47 Å². The van der Waals surface area contributed by atoms with Crippen LogP contribution in [0, 0.1) is 5.82 Å². The lowest BCUT2D eigenvalue weighted by Crippen LogP contribution is -1.99. The van der Waals surface area contributed by atoms with E-state index in [2.05, 4.69) is 19.1 Å². The van der Waals surface area contributed by atoms with Gasteiger partial charge in [0.15, 0.2) is 0 Å². The molecule has 29 heavy (non-hydrogen) atoms. The summed E-state index contributed by atoms with van der Waals surface area (Å²) in [6.45, 7) is 3.59. The third kappa shape index (κ3) is 5.91. The van der Waals surface area contributed by atoms with E-state index in [0.29, 0.717) is 12.2 Å². The van der Waals surface area contributed by atoms with Crippen molar-refractivity contribution in [1.29, 1.82) is 0 Å². The van der Waals surface area contributed by atoms with Crippen LogP contribution in [0.15, 0.2) is 66.7 Å². The van der Waals surface area contributed by atoms with Gasteiger partial charge in [-0.1, -0.05) is 61.9 Å². The molecule has 152 valence electrons. The maximum Gasteiger partial charge on any atom is 0.131 e. The first-order valence-electron chi connectivity index (χ1n) is 10.3. The van der Waals surface area contributed by atoms with Gasteiger partial charge >= 0.3 is 0 Å². The number of ether oxygens (including phenoxy) is 2. The zero-order chi connectivity index (χ0) is 20.5. The van der Waals surface area contributed by atoms with Crippen molar-refractivity contribution in [3.63, 3.8) is 0 Å². The van der Waals surface area contributed by atoms with Crippen LogP contribution in [0.25, 0.3) is 22.3 Å². The first-order chi connectivity index (χ1) is 14.2. The van der Waals surface area contributed by atoms with E-state index in [9.17, 15) is 4.39 Å². The number of halogens is 1. The van der Waals surface area contributed by atoms with Crippen molar-refractivity contribution in [2.24, 2.45) is 0 Å². The molecule has 0 atom stereocenters. The molecule has 0 radical (unpaired) electrons. The van der Waals surface area contributed by atoms with Gasteiger partial charge in [-0.3, -0.25) is 0 Å². The van der Waals surface area contributed by atoms with E-state index in [0.717, 1.165) is 54.7 Å². The number of aryl methyl sites for hydroxylation is 1. The average Bonchev–Trinajstić information content (AvgIpc) is 2.75. The molecule has 2 nitrogen and oxygen atoms in total. The van der Waals surface area contributed by atoms with Gasteiger partial charge in [-0.25, -0.2) is 4.39 Å². The SMILES string of the molecule is CCCc1ccc(-c2ccc(-c3ccc(OCCCCOC)cc3)cc2F)cc1. The highest BCUT2D eigenvalue weighted by Crippen LogP contribution is 2.29. The summed E-state index contributed by atoms with van der Waals surface area (Å²) in [7, 11) is 1.71. The Hall–Kier alpha value is -2.65. The monoisotopic (exact) mass is 392 g/mol. The van der Waals surface area contributed by atoms with Gasteiger partial charge in [0.1, 0.15) is 11.6 Å². The molecule has 0 N–H and O–H groups in total. The molecule has 0 saturated heterocycles. The first-order valence-corrected chi connectivity index (χ1v) is 10.3. The van der Waals surface area contributed by atoms with Crippen molar-refractivity contribution in [1.82, 2.24) is 0 Å². The van der Waals surface area contributed by atoms with E-state index in [1.165, 1.54) is 5.56 Å². The van der Waals surface area contributed by atoms with Gasteiger partial charge in [0.25, 0.3) is 0 Å². The molecule has 3 heteroatoms. The Morgan fingerprint density at radius 3 is 2.07 bits per heavy atom. The fourth-order valence-corrected chi connectivity index (χ4v) is 3.35. The van der Waals surface area contributed by atoms with Crippen LogP contribution in [0.2, 0.25) is 0 Å². The molecule has 3 aromatic rings. The smallest absolute Gasteiger partial charge is 0.131 e. The molecule has 0 aliphatic rings. The summed E-state index contributed by atoms with van der Waals surface area (Å²) in [6.07, 6.45) is 4.11. The average molecular weight is 393 g/mol. The largest absolute Gasteiger partial charge is 0.494 e. The Bertz CT molecular complexity index is 886. The van der Waals surface area contributed by atoms with Crippen molar-refractivity contribution in [3.8, 4) is 28.0 Å². The molecule has 0 saturated carbocycles. The van der Waals surface area contributed by atoms with Crippen LogP contribution in [0.5, 0.6) is 5.75 Å². The highest BCUT2D eigenvalue weighted by atomic mass is 19.1. The fraction of sp³-hybridized carbons (Fsp3) is 0.308. The van der Waals surface area contributed by atoms with Crippen molar-refractivity contribution >= 4 is 0 Å². The predicted molar refractivity (Wildman–Crippen MR) is 118 cm³/mol. The van der Waals surface area contributed by atoms with Crippen LogP contribution in [-0.2, 0) is 11.2 Å². The molecule has 3 aromatic carbocycles. The molecule has 0 aromatic heterocycles. The van der Waals surface area contributed by atoms with Crippen molar-refractivity contribution in [2.45, 2.75) is 32.6 Å². The molecule has 0 aliphatic carbocycles. The molecule has 0 heterocycles. The van der Waals surface area contributed by atoms with Crippen LogP contribution < -0.4 is 4.74 Å². The standard InChI is InChI=1S/C26H29FO2/c1-3-6-20-7-9-22(10-8-20)25-16-13-23(19-26(25)27)21-11-14-24(15-12-21)29-18-5-4-17-28-2/h7-16,19H,3-6,17-18H2,1-2H3. The second kappa shape index (κ2) is 10.8. The summed E-state index contributed by atoms with van der Waals surface area (Å²) < 4.78 is 25.6. The lowest BCUT2D eigenvalue weighted by molar-refractivity contribution is 0.184. The minimum atomic E-state index is -0.204. The normalized spacial score (nSPS) is 10.9. The summed E-state index contributed by atoms with van der Waals surface area (Å²) >= 11 is 0. The first kappa shape index (κ1) is 21.1. The van der Waals surface area contributed by atoms with Crippen molar-refractivity contribution in [3.05, 3.63) is 78.1 Å². The van der Waals surface area contributed by atoms with Crippen LogP contribution in [0.3, 0.4) is 0 Å². The van der Waals surface area contributed by atoms with Crippen molar-refractivity contribution < 1.29 is 13.9 Å². The summed E-state index contributed by atoms with van der Waals surface area (Å²) in [4.78, 5) is 0.